The van der Waals surface area contributed by atoms with Gasteiger partial charge in [0.15, 0.2) is 5.90 Å². The lowest BCUT2D eigenvalue weighted by atomic mass is 9.90. The summed E-state index contributed by atoms with van der Waals surface area (Å²) in [5.41, 5.74) is 2.41. The van der Waals surface area contributed by atoms with Crippen LogP contribution in [0.1, 0.15) is 67.5 Å². The highest BCUT2D eigenvalue weighted by atomic mass is 16.5. The Balaban J connectivity index is 1.09. The molecule has 0 spiro atoms. The number of benzene rings is 1. The van der Waals surface area contributed by atoms with Gasteiger partial charge in [0.1, 0.15) is 11.6 Å². The van der Waals surface area contributed by atoms with E-state index in [0.29, 0.717) is 11.5 Å². The minimum atomic E-state index is -0.329. The van der Waals surface area contributed by atoms with Gasteiger partial charge in [-0.25, -0.2) is 14.8 Å². The Morgan fingerprint density at radius 2 is 1.92 bits per heavy atom. The van der Waals surface area contributed by atoms with Crippen LogP contribution in [0.3, 0.4) is 0 Å². The molecule has 4 aliphatic rings. The highest BCUT2D eigenvalue weighted by Crippen LogP contribution is 2.26. The van der Waals surface area contributed by atoms with Crippen molar-refractivity contribution in [1.29, 1.82) is 0 Å². The number of fused-ring (bicyclic) bond motifs is 1. The van der Waals surface area contributed by atoms with Gasteiger partial charge in [-0.3, -0.25) is 4.90 Å². The molecular formula is C30H41N5O4. The smallest absolute Gasteiger partial charge is 0.337 e. The largest absolute Gasteiger partial charge is 0.480 e. The van der Waals surface area contributed by atoms with Crippen molar-refractivity contribution < 1.29 is 19.0 Å². The summed E-state index contributed by atoms with van der Waals surface area (Å²) in [7, 11) is 1.41. The van der Waals surface area contributed by atoms with Gasteiger partial charge in [-0.15, -0.1) is 0 Å². The molecule has 3 fully saturated rings. The molecule has 0 N–H and O–H groups in total. The molecule has 39 heavy (non-hydrogen) atoms. The first-order chi connectivity index (χ1) is 19.2. The molecule has 1 saturated carbocycles. The molecule has 4 heterocycles. The Morgan fingerprint density at radius 3 is 2.67 bits per heavy atom. The second-order valence-corrected chi connectivity index (χ2v) is 11.3. The van der Waals surface area contributed by atoms with Crippen LogP contribution in [0.2, 0.25) is 0 Å². The second-order valence-electron chi connectivity index (χ2n) is 11.3. The van der Waals surface area contributed by atoms with Gasteiger partial charge in [-0.1, -0.05) is 19.3 Å². The van der Waals surface area contributed by atoms with Crippen molar-refractivity contribution in [1.82, 2.24) is 19.4 Å². The summed E-state index contributed by atoms with van der Waals surface area (Å²) in [6.45, 7) is 6.92. The molecule has 210 valence electrons. The van der Waals surface area contributed by atoms with Crippen molar-refractivity contribution in [2.75, 3.05) is 46.5 Å². The lowest BCUT2D eigenvalue weighted by Crippen LogP contribution is -2.45. The van der Waals surface area contributed by atoms with Crippen molar-refractivity contribution in [3.05, 3.63) is 41.5 Å². The fraction of sp³-hybridized carbons (Fsp3) is 0.633. The lowest BCUT2D eigenvalue weighted by Gasteiger charge is -2.36. The molecule has 1 atom stereocenters. The predicted octanol–water partition coefficient (Wildman–Crippen LogP) is 4.36. The monoisotopic (exact) mass is 535 g/mol. The van der Waals surface area contributed by atoms with Crippen molar-refractivity contribution in [3.63, 3.8) is 0 Å². The van der Waals surface area contributed by atoms with Crippen LogP contribution >= 0.6 is 0 Å². The Kier molecular flexibility index (Phi) is 8.16. The number of hydrogen-bond acceptors (Lipinski definition) is 8. The first-order valence-corrected chi connectivity index (χ1v) is 14.7. The molecule has 9 nitrogen and oxygen atoms in total. The van der Waals surface area contributed by atoms with E-state index in [1.165, 1.54) is 39.2 Å². The number of imidazole rings is 1. The zero-order valence-corrected chi connectivity index (χ0v) is 23.1. The van der Waals surface area contributed by atoms with E-state index in [1.807, 2.05) is 12.1 Å². The minimum absolute atomic E-state index is 0.199. The molecular weight excluding hydrogens is 494 g/mol. The van der Waals surface area contributed by atoms with Crippen LogP contribution in [-0.4, -0.2) is 83.8 Å². The third-order valence-corrected chi connectivity index (χ3v) is 8.62. The van der Waals surface area contributed by atoms with Crippen LogP contribution in [0.5, 0.6) is 0 Å². The molecule has 3 aliphatic heterocycles. The van der Waals surface area contributed by atoms with E-state index in [9.17, 15) is 4.79 Å². The number of methoxy groups -OCH3 is 1. The summed E-state index contributed by atoms with van der Waals surface area (Å²) in [4.78, 5) is 26.9. The lowest BCUT2D eigenvalue weighted by molar-refractivity contribution is -0.0592. The van der Waals surface area contributed by atoms with Crippen LogP contribution in [-0.2, 0) is 27.3 Å². The third kappa shape index (κ3) is 6.14. The van der Waals surface area contributed by atoms with Gasteiger partial charge in [0, 0.05) is 39.2 Å². The Morgan fingerprint density at radius 1 is 1.10 bits per heavy atom. The van der Waals surface area contributed by atoms with Crippen molar-refractivity contribution in [2.24, 2.45) is 10.9 Å². The number of nitrogens with zero attached hydrogens (tertiary/aromatic N) is 5. The summed E-state index contributed by atoms with van der Waals surface area (Å²) in [6.07, 6.45) is 12.1. The Bertz CT molecular complexity index is 1220. The molecule has 9 heteroatoms. The SMILES string of the molecule is COC(=O)c1ccc2nc(CN3CCN(C4=CCCC(OCC5CCCCC5)=N4)CC3)n(CC3CCO3)c2c1. The molecule has 0 bridgehead atoms. The second kappa shape index (κ2) is 12.1. The fourth-order valence-electron chi connectivity index (χ4n) is 6.14. The summed E-state index contributed by atoms with van der Waals surface area (Å²) >= 11 is 0. The first kappa shape index (κ1) is 26.3. The zero-order chi connectivity index (χ0) is 26.6. The van der Waals surface area contributed by atoms with Crippen molar-refractivity contribution in [3.8, 4) is 0 Å². The van der Waals surface area contributed by atoms with Gasteiger partial charge >= 0.3 is 5.97 Å². The summed E-state index contributed by atoms with van der Waals surface area (Å²) in [5, 5.41) is 0. The van der Waals surface area contributed by atoms with Crippen molar-refractivity contribution >= 4 is 22.9 Å². The Hall–Kier alpha value is -2.91. The van der Waals surface area contributed by atoms with E-state index >= 15 is 0 Å². The van der Waals surface area contributed by atoms with E-state index in [4.69, 9.17) is 24.2 Å². The molecule has 1 aliphatic carbocycles. The quantitative estimate of drug-likeness (QED) is 0.465. The normalized spacial score (nSPS) is 22.8. The molecule has 2 aromatic rings. The zero-order valence-electron chi connectivity index (χ0n) is 23.1. The van der Waals surface area contributed by atoms with Gasteiger partial charge in [-0.05, 0) is 55.9 Å². The predicted molar refractivity (Wildman–Crippen MR) is 150 cm³/mol. The molecule has 1 aromatic carbocycles. The van der Waals surface area contributed by atoms with Crippen LogP contribution in [0.15, 0.2) is 35.1 Å². The number of aromatic nitrogens is 2. The third-order valence-electron chi connectivity index (χ3n) is 8.62. The van der Waals surface area contributed by atoms with E-state index in [1.54, 1.807) is 6.07 Å². The van der Waals surface area contributed by atoms with E-state index in [-0.39, 0.29) is 12.1 Å². The molecule has 0 amide bonds. The summed E-state index contributed by atoms with van der Waals surface area (Å²) in [5.74, 6) is 3.38. The first-order valence-electron chi connectivity index (χ1n) is 14.7. The standard InChI is InChI=1S/C30H41N5O4/c1-37-30(36)23-10-11-25-26(18-23)35(19-24-12-17-38-24)28(31-25)20-33-13-15-34(16-14-33)27-8-5-9-29(32-27)39-21-22-6-3-2-4-7-22/h8,10-11,18,22,24H,2-7,9,12-17,19-21H2,1H3. The number of carbonyl (C=O) groups excluding carboxylic acids is 1. The summed E-state index contributed by atoms with van der Waals surface area (Å²) in [6, 6.07) is 5.61. The van der Waals surface area contributed by atoms with Gasteiger partial charge < -0.3 is 23.7 Å². The van der Waals surface area contributed by atoms with Crippen LogP contribution in [0, 0.1) is 5.92 Å². The van der Waals surface area contributed by atoms with Crippen LogP contribution in [0.4, 0.5) is 0 Å². The highest BCUT2D eigenvalue weighted by molar-refractivity contribution is 5.93. The van der Waals surface area contributed by atoms with Gasteiger partial charge in [0.05, 0.1) is 49.5 Å². The van der Waals surface area contributed by atoms with Gasteiger partial charge in [-0.2, -0.15) is 0 Å². The molecule has 1 unspecified atom stereocenters. The number of hydrogen-bond donors (Lipinski definition) is 0. The average Bonchev–Trinajstić information content (AvgIpc) is 3.30. The highest BCUT2D eigenvalue weighted by Gasteiger charge is 2.26. The number of allylic oxidation sites excluding steroid dienone is 1. The Labute approximate surface area is 230 Å². The molecule has 2 saturated heterocycles. The van der Waals surface area contributed by atoms with Crippen molar-refractivity contribution in [2.45, 2.75) is 70.6 Å². The van der Waals surface area contributed by atoms with Gasteiger partial charge in [0.25, 0.3) is 0 Å². The minimum Gasteiger partial charge on any atom is -0.480 e. The number of carbonyl (C=O) groups is 1. The van der Waals surface area contributed by atoms with E-state index < -0.39 is 0 Å². The van der Waals surface area contributed by atoms with E-state index in [2.05, 4.69) is 20.4 Å². The maximum absolute atomic E-state index is 12.2. The molecule has 0 radical (unpaired) electrons. The van der Waals surface area contributed by atoms with E-state index in [0.717, 1.165) is 100 Å². The summed E-state index contributed by atoms with van der Waals surface area (Å²) < 4.78 is 19.1. The van der Waals surface area contributed by atoms with Crippen LogP contribution < -0.4 is 0 Å². The number of rotatable bonds is 8. The fourth-order valence-corrected chi connectivity index (χ4v) is 6.14. The average molecular weight is 536 g/mol. The van der Waals surface area contributed by atoms with Crippen LogP contribution in [0.25, 0.3) is 11.0 Å². The maximum Gasteiger partial charge on any atom is 0.337 e. The number of ether oxygens (including phenoxy) is 3. The number of aliphatic imine (C=N–C) groups is 1. The van der Waals surface area contributed by atoms with Gasteiger partial charge in [0.2, 0.25) is 0 Å². The number of piperazine rings is 1. The molecule has 6 rings (SSSR count). The number of esters is 1. The maximum atomic E-state index is 12.2. The molecule has 1 aromatic heterocycles. The topological polar surface area (TPSA) is 81.4 Å².